The summed E-state index contributed by atoms with van der Waals surface area (Å²) >= 11 is 1.89. The van der Waals surface area contributed by atoms with Gasteiger partial charge in [0.1, 0.15) is 22.2 Å². The predicted molar refractivity (Wildman–Crippen MR) is 138 cm³/mol. The van der Waals surface area contributed by atoms with Crippen molar-refractivity contribution in [3.05, 3.63) is 46.1 Å². The number of piperazine rings is 1. The number of amides is 1. The zero-order valence-electron chi connectivity index (χ0n) is 20.3. The van der Waals surface area contributed by atoms with Gasteiger partial charge in [0, 0.05) is 43.0 Å². The molecular weight excluding hydrogens is 444 g/mol. The second-order valence-corrected chi connectivity index (χ2v) is 10.4. The Labute approximate surface area is 206 Å². The smallest absolute Gasteiger partial charge is 0.254 e. The Morgan fingerprint density at radius 1 is 1.09 bits per heavy atom. The van der Waals surface area contributed by atoms with Crippen molar-refractivity contribution >= 4 is 33.3 Å². The van der Waals surface area contributed by atoms with Crippen LogP contribution in [0.1, 0.15) is 65.7 Å². The molecule has 1 saturated heterocycles. The van der Waals surface area contributed by atoms with Crippen LogP contribution in [-0.4, -0.2) is 54.1 Å². The average Bonchev–Trinajstić information content (AvgIpc) is 3.07. The number of aromatic nitrogens is 2. The summed E-state index contributed by atoms with van der Waals surface area (Å²) in [4.78, 5) is 30.3. The Kier molecular flexibility index (Phi) is 6.99. The largest absolute Gasteiger partial charge is 0.497 e. The van der Waals surface area contributed by atoms with Crippen molar-refractivity contribution in [2.75, 3.05) is 38.2 Å². The molecule has 1 fully saturated rings. The van der Waals surface area contributed by atoms with Gasteiger partial charge < -0.3 is 14.5 Å². The first-order valence-electron chi connectivity index (χ1n) is 12.7. The van der Waals surface area contributed by atoms with Crippen LogP contribution in [0.15, 0.2) is 24.3 Å². The van der Waals surface area contributed by atoms with Crippen LogP contribution in [0, 0.1) is 0 Å². The number of carbonyl (C=O) groups excluding carboxylic acids is 1. The van der Waals surface area contributed by atoms with Crippen molar-refractivity contribution in [2.24, 2.45) is 0 Å². The van der Waals surface area contributed by atoms with Crippen molar-refractivity contribution in [1.29, 1.82) is 0 Å². The van der Waals surface area contributed by atoms with Gasteiger partial charge in [0.15, 0.2) is 0 Å². The summed E-state index contributed by atoms with van der Waals surface area (Å²) in [7, 11) is 1.63. The molecule has 0 atom stereocenters. The number of nitrogens with zero attached hydrogens (tertiary/aromatic N) is 4. The molecule has 0 saturated carbocycles. The Hall–Kier alpha value is -2.67. The van der Waals surface area contributed by atoms with E-state index < -0.39 is 0 Å². The Morgan fingerprint density at radius 3 is 2.71 bits per heavy atom. The highest BCUT2D eigenvalue weighted by Gasteiger charge is 2.27. The van der Waals surface area contributed by atoms with Gasteiger partial charge >= 0.3 is 0 Å². The Balaban J connectivity index is 1.41. The number of anilines is 1. The zero-order valence-corrected chi connectivity index (χ0v) is 21.1. The summed E-state index contributed by atoms with van der Waals surface area (Å²) in [5.41, 5.74) is 2.17. The van der Waals surface area contributed by atoms with Crippen LogP contribution in [-0.2, 0) is 19.3 Å². The zero-order chi connectivity index (χ0) is 23.5. The highest BCUT2D eigenvalue weighted by molar-refractivity contribution is 7.19. The van der Waals surface area contributed by atoms with Gasteiger partial charge in [0.25, 0.3) is 5.91 Å². The third kappa shape index (κ3) is 4.63. The SMILES string of the molecule is CCCCc1nc(N2CCN(C(=O)c3cccc(OC)c3)CC2)c2c3c(sc2n1)CCCCC3. The molecule has 0 radical (unpaired) electrons. The maximum atomic E-state index is 13.1. The standard InChI is InChI=1S/C27H34N4O2S/c1-3-4-13-23-28-25(24-21-11-6-5-7-12-22(21)34-26(24)29-23)30-14-16-31(17-15-30)27(32)19-9-8-10-20(18-19)33-2/h8-10,18H,3-7,11-17H2,1-2H3. The predicted octanol–water partition coefficient (Wildman–Crippen LogP) is 5.27. The first-order valence-corrected chi connectivity index (χ1v) is 13.5. The molecule has 0 spiro atoms. The third-order valence-electron chi connectivity index (χ3n) is 7.03. The van der Waals surface area contributed by atoms with Gasteiger partial charge in [-0.3, -0.25) is 4.79 Å². The maximum absolute atomic E-state index is 13.1. The van der Waals surface area contributed by atoms with E-state index in [9.17, 15) is 4.79 Å². The van der Waals surface area contributed by atoms with Crippen molar-refractivity contribution in [3.8, 4) is 5.75 Å². The second kappa shape index (κ2) is 10.3. The molecule has 7 heteroatoms. The van der Waals surface area contributed by atoms with Crippen LogP contribution in [0.5, 0.6) is 5.75 Å². The fraction of sp³-hybridized carbons (Fsp3) is 0.519. The lowest BCUT2D eigenvalue weighted by molar-refractivity contribution is 0.0746. The summed E-state index contributed by atoms with van der Waals surface area (Å²) in [5.74, 6) is 2.85. The number of unbranched alkanes of at least 4 members (excludes halogenated alkanes) is 1. The van der Waals surface area contributed by atoms with Crippen LogP contribution >= 0.6 is 11.3 Å². The van der Waals surface area contributed by atoms with Gasteiger partial charge in [-0.25, -0.2) is 9.97 Å². The molecule has 0 bridgehead atoms. The van der Waals surface area contributed by atoms with Crippen LogP contribution in [0.4, 0.5) is 5.82 Å². The van der Waals surface area contributed by atoms with E-state index in [4.69, 9.17) is 14.7 Å². The number of methoxy groups -OCH3 is 1. The number of fused-ring (bicyclic) bond motifs is 3. The van der Waals surface area contributed by atoms with Crippen molar-refractivity contribution < 1.29 is 9.53 Å². The van der Waals surface area contributed by atoms with E-state index in [1.807, 2.05) is 40.5 Å². The molecule has 3 heterocycles. The molecule has 34 heavy (non-hydrogen) atoms. The van der Waals surface area contributed by atoms with Crippen molar-refractivity contribution in [3.63, 3.8) is 0 Å². The van der Waals surface area contributed by atoms with E-state index in [0.29, 0.717) is 24.4 Å². The minimum atomic E-state index is 0.0689. The lowest BCUT2D eigenvalue weighted by Gasteiger charge is -2.36. The molecule has 2 aromatic heterocycles. The van der Waals surface area contributed by atoms with E-state index in [2.05, 4.69) is 11.8 Å². The minimum absolute atomic E-state index is 0.0689. The molecule has 1 aliphatic carbocycles. The average molecular weight is 479 g/mol. The normalized spacial score (nSPS) is 16.4. The molecule has 5 rings (SSSR count). The Morgan fingerprint density at radius 2 is 1.91 bits per heavy atom. The fourth-order valence-electron chi connectivity index (χ4n) is 5.09. The number of aryl methyl sites for hydroxylation is 3. The van der Waals surface area contributed by atoms with Gasteiger partial charge in [0.05, 0.1) is 12.5 Å². The van der Waals surface area contributed by atoms with Gasteiger partial charge in [-0.15, -0.1) is 11.3 Å². The quantitative estimate of drug-likeness (QED) is 0.452. The van der Waals surface area contributed by atoms with Crippen LogP contribution in [0.3, 0.4) is 0 Å². The molecule has 180 valence electrons. The number of rotatable bonds is 6. The lowest BCUT2D eigenvalue weighted by Crippen LogP contribution is -2.49. The van der Waals surface area contributed by atoms with Crippen LogP contribution in [0.25, 0.3) is 10.2 Å². The Bertz CT molecular complexity index is 1170. The number of hydrogen-bond donors (Lipinski definition) is 0. The van der Waals surface area contributed by atoms with Gasteiger partial charge in [-0.1, -0.05) is 25.8 Å². The topological polar surface area (TPSA) is 58.6 Å². The monoisotopic (exact) mass is 478 g/mol. The highest BCUT2D eigenvalue weighted by atomic mass is 32.1. The molecule has 1 aliphatic heterocycles. The van der Waals surface area contributed by atoms with E-state index in [1.165, 1.54) is 41.5 Å². The van der Waals surface area contributed by atoms with Crippen LogP contribution < -0.4 is 9.64 Å². The molecule has 6 nitrogen and oxygen atoms in total. The number of carbonyl (C=O) groups is 1. The van der Waals surface area contributed by atoms with Gasteiger partial charge in [0.2, 0.25) is 0 Å². The van der Waals surface area contributed by atoms with Crippen LogP contribution in [0.2, 0.25) is 0 Å². The maximum Gasteiger partial charge on any atom is 0.254 e. The van der Waals surface area contributed by atoms with E-state index in [1.54, 1.807) is 7.11 Å². The molecule has 0 unspecified atom stereocenters. The number of benzene rings is 1. The summed E-state index contributed by atoms with van der Waals surface area (Å²) in [6.45, 7) is 5.18. The molecule has 3 aromatic rings. The van der Waals surface area contributed by atoms with E-state index >= 15 is 0 Å². The highest BCUT2D eigenvalue weighted by Crippen LogP contribution is 2.39. The molecular formula is C27H34N4O2S. The van der Waals surface area contributed by atoms with Gasteiger partial charge in [-0.05, 0) is 55.9 Å². The van der Waals surface area contributed by atoms with E-state index in [0.717, 1.165) is 55.2 Å². The summed E-state index contributed by atoms with van der Waals surface area (Å²) in [6, 6.07) is 7.43. The first-order chi connectivity index (χ1) is 16.7. The third-order valence-corrected chi connectivity index (χ3v) is 8.21. The number of hydrogen-bond acceptors (Lipinski definition) is 6. The number of ether oxygens (including phenoxy) is 1. The molecule has 0 N–H and O–H groups in total. The second-order valence-electron chi connectivity index (χ2n) is 9.32. The van der Waals surface area contributed by atoms with Crippen molar-refractivity contribution in [2.45, 2.75) is 58.3 Å². The molecule has 2 aliphatic rings. The summed E-state index contributed by atoms with van der Waals surface area (Å²) in [5, 5.41) is 1.29. The minimum Gasteiger partial charge on any atom is -0.497 e. The summed E-state index contributed by atoms with van der Waals surface area (Å²) < 4.78 is 5.30. The van der Waals surface area contributed by atoms with Crippen molar-refractivity contribution in [1.82, 2.24) is 14.9 Å². The number of thiophene rings is 1. The van der Waals surface area contributed by atoms with Gasteiger partial charge in [-0.2, -0.15) is 0 Å². The van der Waals surface area contributed by atoms with E-state index in [-0.39, 0.29) is 5.91 Å². The molecule has 1 aromatic carbocycles. The molecule has 1 amide bonds. The fourth-order valence-corrected chi connectivity index (χ4v) is 6.37. The summed E-state index contributed by atoms with van der Waals surface area (Å²) in [6.07, 6.45) is 9.31. The lowest BCUT2D eigenvalue weighted by atomic mass is 10.1. The first kappa shape index (κ1) is 23.1.